The number of fused-ring (bicyclic) bond motifs is 3. The van der Waals surface area contributed by atoms with E-state index in [4.69, 9.17) is 0 Å². The van der Waals surface area contributed by atoms with E-state index >= 15 is 0 Å². The number of hydrogen-bond acceptors (Lipinski definition) is 2. The van der Waals surface area contributed by atoms with Crippen LogP contribution in [-0.2, 0) is 12.8 Å². The van der Waals surface area contributed by atoms with Crippen molar-refractivity contribution < 1.29 is 0 Å². The van der Waals surface area contributed by atoms with E-state index in [1.807, 2.05) is 0 Å². The second-order valence-corrected chi connectivity index (χ2v) is 12.0. The number of benzene rings is 2. The fourth-order valence-electron chi connectivity index (χ4n) is 5.50. The first-order chi connectivity index (χ1) is 14.7. The van der Waals surface area contributed by atoms with E-state index in [0.717, 1.165) is 0 Å². The van der Waals surface area contributed by atoms with E-state index in [2.05, 4.69) is 78.5 Å². The average Bonchev–Trinajstić information content (AvgIpc) is 2.78. The van der Waals surface area contributed by atoms with Crippen LogP contribution < -0.4 is 8.51 Å². The fraction of sp³-hybridized carbons (Fsp3) is 0.333. The molecule has 6 rings (SSSR count). The number of allylic oxidation sites excluding steroid dienone is 3. The molecule has 30 heavy (non-hydrogen) atoms. The first-order valence-electron chi connectivity index (χ1n) is 11.2. The summed E-state index contributed by atoms with van der Waals surface area (Å²) in [7, 11) is 4.38. The van der Waals surface area contributed by atoms with Gasteiger partial charge in [-0.2, -0.15) is 0 Å². The van der Waals surface area contributed by atoms with Crippen LogP contribution in [0.1, 0.15) is 35.1 Å². The number of hydrogen-bond donors (Lipinski definition) is 0. The van der Waals surface area contributed by atoms with Gasteiger partial charge in [-0.15, -0.1) is 0 Å². The molecule has 1 unspecified atom stereocenters. The Bertz CT molecular complexity index is 1110. The summed E-state index contributed by atoms with van der Waals surface area (Å²) in [5.41, 5.74) is 10.8. The number of rotatable bonds is 2. The van der Waals surface area contributed by atoms with Crippen molar-refractivity contribution in [2.24, 2.45) is 0 Å². The first-order valence-corrected chi connectivity index (χ1v) is 13.5. The maximum atomic E-state index is 2.70. The molecule has 2 aromatic carbocycles. The number of nitrogens with zero attached hydrogens (tertiary/aromatic N) is 2. The third-order valence-corrected chi connectivity index (χ3v) is 10.5. The Morgan fingerprint density at radius 1 is 1.03 bits per heavy atom. The second-order valence-electron chi connectivity index (χ2n) is 9.03. The van der Waals surface area contributed by atoms with Crippen molar-refractivity contribution in [2.75, 3.05) is 32.1 Å². The Kier molecular flexibility index (Phi) is 4.68. The van der Waals surface area contributed by atoms with E-state index in [9.17, 15) is 0 Å². The third kappa shape index (κ3) is 2.94. The Morgan fingerprint density at radius 3 is 2.63 bits per heavy atom. The third-order valence-electron chi connectivity index (χ3n) is 6.93. The SMILES string of the molecule is CN(C)C1C=CC2=C(c3ccccc3)c3cc4c5c(c3[Te]C2=C1)CCCN5CCC4. The van der Waals surface area contributed by atoms with Gasteiger partial charge >= 0.3 is 191 Å². The van der Waals surface area contributed by atoms with Crippen molar-refractivity contribution in [2.45, 2.75) is 31.7 Å². The summed E-state index contributed by atoms with van der Waals surface area (Å²) in [5, 5.41) is 0. The summed E-state index contributed by atoms with van der Waals surface area (Å²) in [6, 6.07) is 14.1. The summed E-state index contributed by atoms with van der Waals surface area (Å²) in [6.07, 6.45) is 12.5. The topological polar surface area (TPSA) is 6.48 Å². The molecule has 0 spiro atoms. The van der Waals surface area contributed by atoms with Crippen molar-refractivity contribution in [3.8, 4) is 0 Å². The average molecular weight is 508 g/mol. The fourth-order valence-corrected chi connectivity index (χ4v) is 9.21. The van der Waals surface area contributed by atoms with E-state index in [0.29, 0.717) is 6.04 Å². The van der Waals surface area contributed by atoms with Gasteiger partial charge in [0, 0.05) is 0 Å². The Balaban J connectivity index is 1.63. The molecule has 1 atom stereocenters. The van der Waals surface area contributed by atoms with Crippen LogP contribution in [0.2, 0.25) is 0 Å². The number of likely N-dealkylation sites (N-methyl/N-ethyl adjacent to an activating group) is 1. The van der Waals surface area contributed by atoms with Crippen molar-refractivity contribution in [1.29, 1.82) is 0 Å². The van der Waals surface area contributed by atoms with Gasteiger partial charge in [0.15, 0.2) is 0 Å². The summed E-state index contributed by atoms with van der Waals surface area (Å²) >= 11 is -0.396. The van der Waals surface area contributed by atoms with Crippen molar-refractivity contribution in [3.05, 3.63) is 86.1 Å². The molecule has 152 valence electrons. The Morgan fingerprint density at radius 2 is 1.83 bits per heavy atom. The molecule has 0 aromatic heterocycles. The molecular formula is C27H28N2Te. The molecule has 0 saturated carbocycles. The summed E-state index contributed by atoms with van der Waals surface area (Å²) in [5.74, 6) is 0. The molecule has 2 nitrogen and oxygen atoms in total. The molecule has 0 radical (unpaired) electrons. The first kappa shape index (κ1) is 18.9. The molecule has 2 aromatic rings. The van der Waals surface area contributed by atoms with Crippen LogP contribution in [0, 0.1) is 0 Å². The zero-order valence-corrected chi connectivity index (χ0v) is 20.1. The van der Waals surface area contributed by atoms with Crippen LogP contribution in [0.25, 0.3) is 5.57 Å². The van der Waals surface area contributed by atoms with Crippen molar-refractivity contribution in [3.63, 3.8) is 0 Å². The quantitative estimate of drug-likeness (QED) is 0.569. The minimum atomic E-state index is -0.396. The molecule has 0 saturated heterocycles. The number of anilines is 1. The van der Waals surface area contributed by atoms with E-state index in [1.54, 1.807) is 29.6 Å². The van der Waals surface area contributed by atoms with Gasteiger partial charge in [0.2, 0.25) is 0 Å². The summed E-state index contributed by atoms with van der Waals surface area (Å²) in [6.45, 7) is 2.50. The van der Waals surface area contributed by atoms with Gasteiger partial charge in [-0.25, -0.2) is 0 Å². The molecule has 0 N–H and O–H groups in total. The van der Waals surface area contributed by atoms with E-state index < -0.39 is 20.9 Å². The molecule has 3 heterocycles. The normalized spacial score (nSPS) is 21.9. The van der Waals surface area contributed by atoms with Crippen molar-refractivity contribution in [1.82, 2.24) is 4.90 Å². The molecule has 3 heteroatoms. The van der Waals surface area contributed by atoms with Gasteiger partial charge in [-0.1, -0.05) is 0 Å². The molecule has 4 aliphatic rings. The second kappa shape index (κ2) is 7.41. The molecule has 0 fully saturated rings. The molecule has 0 amide bonds. The van der Waals surface area contributed by atoms with Crippen molar-refractivity contribution >= 4 is 35.8 Å². The van der Waals surface area contributed by atoms with Crippen LogP contribution in [0.15, 0.2) is 63.8 Å². The van der Waals surface area contributed by atoms with Crippen LogP contribution in [0.4, 0.5) is 5.69 Å². The Hall–Kier alpha value is -1.79. The molecular weight excluding hydrogens is 480 g/mol. The predicted octanol–water partition coefficient (Wildman–Crippen LogP) is 3.91. The van der Waals surface area contributed by atoms with E-state index in [1.165, 1.54) is 55.5 Å². The van der Waals surface area contributed by atoms with Crippen LogP contribution in [-0.4, -0.2) is 59.0 Å². The van der Waals surface area contributed by atoms with Gasteiger partial charge in [0.1, 0.15) is 0 Å². The summed E-state index contributed by atoms with van der Waals surface area (Å²) < 4.78 is 3.37. The van der Waals surface area contributed by atoms with Crippen LogP contribution in [0.5, 0.6) is 0 Å². The number of aryl methyl sites for hydroxylation is 1. The molecule has 1 aliphatic carbocycles. The molecule has 0 bridgehead atoms. The zero-order valence-electron chi connectivity index (χ0n) is 17.8. The van der Waals surface area contributed by atoms with Crippen LogP contribution >= 0.6 is 0 Å². The molecule has 3 aliphatic heterocycles. The van der Waals surface area contributed by atoms with Crippen LogP contribution in [0.3, 0.4) is 0 Å². The summed E-state index contributed by atoms with van der Waals surface area (Å²) in [4.78, 5) is 5.02. The van der Waals surface area contributed by atoms with Gasteiger partial charge in [-0.3, -0.25) is 0 Å². The predicted molar refractivity (Wildman–Crippen MR) is 128 cm³/mol. The van der Waals surface area contributed by atoms with Gasteiger partial charge in [0.25, 0.3) is 0 Å². The minimum absolute atomic E-state index is 0.396. The van der Waals surface area contributed by atoms with Gasteiger partial charge in [-0.05, 0) is 0 Å². The Labute approximate surface area is 190 Å². The maximum absolute atomic E-state index is 2.70. The van der Waals surface area contributed by atoms with Gasteiger partial charge in [0.05, 0.1) is 0 Å². The monoisotopic (exact) mass is 510 g/mol. The standard InChI is InChI=1S/C27H28N2Te/c1-28(2)20-12-13-21-24(17-20)30-27-22-11-7-15-29-14-6-10-19(26(22)29)16-23(27)25(21)18-8-4-3-5-9-18/h3-5,8-9,12-13,16-17,20H,6-7,10-11,14-15H2,1-2H3. The van der Waals surface area contributed by atoms with Gasteiger partial charge < -0.3 is 0 Å². The zero-order chi connectivity index (χ0) is 20.2. The van der Waals surface area contributed by atoms with E-state index in [-0.39, 0.29) is 0 Å².